The van der Waals surface area contributed by atoms with Crippen molar-refractivity contribution in [2.45, 2.75) is 13.3 Å². The van der Waals surface area contributed by atoms with E-state index in [-0.39, 0.29) is 11.7 Å². The molecule has 4 nitrogen and oxygen atoms in total. The second kappa shape index (κ2) is 6.02. The van der Waals surface area contributed by atoms with Crippen LogP contribution in [0, 0.1) is 0 Å². The zero-order valence-corrected chi connectivity index (χ0v) is 9.32. The molecule has 0 fully saturated rings. The second-order valence-electron chi connectivity index (χ2n) is 3.53. The molecule has 16 heavy (non-hydrogen) atoms. The van der Waals surface area contributed by atoms with Crippen LogP contribution in [0.25, 0.3) is 0 Å². The zero-order valence-electron chi connectivity index (χ0n) is 9.32. The molecule has 0 bridgehead atoms. The highest BCUT2D eigenvalue weighted by Crippen LogP contribution is 2.04. The van der Waals surface area contributed by atoms with Gasteiger partial charge in [-0.25, -0.2) is 0 Å². The maximum absolute atomic E-state index is 11.6. The molecular weight excluding hydrogens is 204 g/mol. The highest BCUT2D eigenvalue weighted by Gasteiger charge is 2.05. The van der Waals surface area contributed by atoms with E-state index in [9.17, 15) is 9.59 Å². The summed E-state index contributed by atoms with van der Waals surface area (Å²) < 4.78 is 0. The van der Waals surface area contributed by atoms with Gasteiger partial charge in [0.2, 0.25) is 0 Å². The molecule has 0 aromatic heterocycles. The Morgan fingerprint density at radius 3 is 2.25 bits per heavy atom. The maximum atomic E-state index is 11.6. The van der Waals surface area contributed by atoms with Crippen molar-refractivity contribution in [1.29, 1.82) is 0 Å². The molecule has 0 saturated heterocycles. The summed E-state index contributed by atoms with van der Waals surface area (Å²) in [6, 6.07) is 6.60. The van der Waals surface area contributed by atoms with Crippen LogP contribution in [0.5, 0.6) is 0 Å². The van der Waals surface area contributed by atoms with Crippen LogP contribution in [0.15, 0.2) is 24.3 Å². The Bertz CT molecular complexity index is 371. The average Bonchev–Trinajstić information content (AvgIpc) is 2.29. The first-order chi connectivity index (χ1) is 7.65. The topological polar surface area (TPSA) is 72.2 Å². The van der Waals surface area contributed by atoms with Gasteiger partial charge in [0.25, 0.3) is 5.91 Å². The lowest BCUT2D eigenvalue weighted by molar-refractivity contribution is 0.0951. The maximum Gasteiger partial charge on any atom is 0.251 e. The SMILES string of the molecule is CC(=O)c1ccc(C(=O)NCCCN)cc1. The van der Waals surface area contributed by atoms with E-state index >= 15 is 0 Å². The molecule has 1 aromatic carbocycles. The normalized spacial score (nSPS) is 9.88. The average molecular weight is 220 g/mol. The number of nitrogens with two attached hydrogens (primary N) is 1. The van der Waals surface area contributed by atoms with E-state index in [1.807, 2.05) is 0 Å². The number of ketones is 1. The van der Waals surface area contributed by atoms with Crippen LogP contribution in [-0.4, -0.2) is 24.8 Å². The van der Waals surface area contributed by atoms with Gasteiger partial charge < -0.3 is 11.1 Å². The van der Waals surface area contributed by atoms with Crippen LogP contribution in [0.3, 0.4) is 0 Å². The van der Waals surface area contributed by atoms with Crippen LogP contribution < -0.4 is 11.1 Å². The van der Waals surface area contributed by atoms with E-state index in [2.05, 4.69) is 5.32 Å². The quantitative estimate of drug-likeness (QED) is 0.573. The van der Waals surface area contributed by atoms with E-state index in [1.165, 1.54) is 6.92 Å². The first-order valence-electron chi connectivity index (χ1n) is 5.24. The Morgan fingerprint density at radius 1 is 1.19 bits per heavy atom. The van der Waals surface area contributed by atoms with Crippen LogP contribution in [0.1, 0.15) is 34.1 Å². The van der Waals surface area contributed by atoms with Gasteiger partial charge in [0.15, 0.2) is 5.78 Å². The van der Waals surface area contributed by atoms with Gasteiger partial charge in [-0.05, 0) is 32.0 Å². The molecule has 1 rings (SSSR count). The molecule has 4 heteroatoms. The monoisotopic (exact) mass is 220 g/mol. The smallest absolute Gasteiger partial charge is 0.251 e. The third-order valence-electron chi connectivity index (χ3n) is 2.22. The number of benzene rings is 1. The fourth-order valence-corrected chi connectivity index (χ4v) is 1.26. The molecule has 0 aliphatic heterocycles. The van der Waals surface area contributed by atoms with Gasteiger partial charge in [0.05, 0.1) is 0 Å². The lowest BCUT2D eigenvalue weighted by Gasteiger charge is -2.04. The van der Waals surface area contributed by atoms with E-state index in [0.29, 0.717) is 24.2 Å². The first kappa shape index (κ1) is 12.4. The van der Waals surface area contributed by atoms with Crippen LogP contribution in [0.4, 0.5) is 0 Å². The molecule has 0 aliphatic carbocycles. The minimum atomic E-state index is -0.136. The molecule has 0 spiro atoms. The molecule has 3 N–H and O–H groups in total. The van der Waals surface area contributed by atoms with Gasteiger partial charge in [0, 0.05) is 17.7 Å². The van der Waals surface area contributed by atoms with Crippen molar-refractivity contribution in [3.8, 4) is 0 Å². The van der Waals surface area contributed by atoms with Gasteiger partial charge in [-0.15, -0.1) is 0 Å². The van der Waals surface area contributed by atoms with Crippen molar-refractivity contribution >= 4 is 11.7 Å². The fourth-order valence-electron chi connectivity index (χ4n) is 1.26. The molecule has 0 unspecified atom stereocenters. The summed E-state index contributed by atoms with van der Waals surface area (Å²) >= 11 is 0. The second-order valence-corrected chi connectivity index (χ2v) is 3.53. The van der Waals surface area contributed by atoms with Gasteiger partial charge in [-0.3, -0.25) is 9.59 Å². The van der Waals surface area contributed by atoms with Crippen molar-refractivity contribution in [3.63, 3.8) is 0 Å². The molecule has 0 radical (unpaired) electrons. The number of hydrogen-bond donors (Lipinski definition) is 2. The molecule has 0 saturated carbocycles. The lowest BCUT2D eigenvalue weighted by atomic mass is 10.1. The third-order valence-corrected chi connectivity index (χ3v) is 2.22. The summed E-state index contributed by atoms with van der Waals surface area (Å²) in [4.78, 5) is 22.6. The van der Waals surface area contributed by atoms with Crippen molar-refractivity contribution in [2.24, 2.45) is 5.73 Å². The number of hydrogen-bond acceptors (Lipinski definition) is 3. The van der Waals surface area contributed by atoms with Crippen LogP contribution >= 0.6 is 0 Å². The number of carbonyl (C=O) groups is 2. The number of amides is 1. The standard InChI is InChI=1S/C12H16N2O2/c1-9(15)10-3-5-11(6-4-10)12(16)14-8-2-7-13/h3-6H,2,7-8,13H2,1H3,(H,14,16). The predicted molar refractivity (Wildman–Crippen MR) is 62.5 cm³/mol. The van der Waals surface area contributed by atoms with Gasteiger partial charge in [0.1, 0.15) is 0 Å². The molecule has 0 aliphatic rings. The van der Waals surface area contributed by atoms with Crippen molar-refractivity contribution in [3.05, 3.63) is 35.4 Å². The summed E-state index contributed by atoms with van der Waals surface area (Å²) in [7, 11) is 0. The van der Waals surface area contributed by atoms with E-state index in [0.717, 1.165) is 6.42 Å². The molecule has 0 heterocycles. The van der Waals surface area contributed by atoms with Gasteiger partial charge in [-0.2, -0.15) is 0 Å². The first-order valence-corrected chi connectivity index (χ1v) is 5.24. The minimum Gasteiger partial charge on any atom is -0.352 e. The van der Waals surface area contributed by atoms with E-state index in [1.54, 1.807) is 24.3 Å². The summed E-state index contributed by atoms with van der Waals surface area (Å²) in [5, 5.41) is 2.74. The minimum absolute atomic E-state index is 0.00455. The number of rotatable bonds is 5. The lowest BCUT2D eigenvalue weighted by Crippen LogP contribution is -2.25. The summed E-state index contributed by atoms with van der Waals surface area (Å²) in [5.74, 6) is -0.140. The van der Waals surface area contributed by atoms with Crippen molar-refractivity contribution in [1.82, 2.24) is 5.32 Å². The summed E-state index contributed by atoms with van der Waals surface area (Å²) in [5.41, 5.74) is 6.48. The van der Waals surface area contributed by atoms with E-state index < -0.39 is 0 Å². The van der Waals surface area contributed by atoms with Crippen molar-refractivity contribution < 1.29 is 9.59 Å². The molecule has 1 aromatic rings. The van der Waals surface area contributed by atoms with Crippen LogP contribution in [-0.2, 0) is 0 Å². The summed E-state index contributed by atoms with van der Waals surface area (Å²) in [6.45, 7) is 2.63. The molecular formula is C12H16N2O2. The number of carbonyl (C=O) groups excluding carboxylic acids is 2. The summed E-state index contributed by atoms with van der Waals surface area (Å²) in [6.07, 6.45) is 0.761. The Hall–Kier alpha value is -1.68. The van der Waals surface area contributed by atoms with Gasteiger partial charge in [-0.1, -0.05) is 12.1 Å². The largest absolute Gasteiger partial charge is 0.352 e. The van der Waals surface area contributed by atoms with Crippen LogP contribution in [0.2, 0.25) is 0 Å². The molecule has 1 amide bonds. The van der Waals surface area contributed by atoms with E-state index in [4.69, 9.17) is 5.73 Å². The Kier molecular flexibility index (Phi) is 4.66. The highest BCUT2D eigenvalue weighted by molar-refractivity contribution is 5.97. The Morgan fingerprint density at radius 2 is 1.75 bits per heavy atom. The third kappa shape index (κ3) is 3.47. The molecule has 86 valence electrons. The molecule has 0 atom stereocenters. The number of Topliss-reactive ketones (excluding diaryl/α,β-unsaturated/α-hetero) is 1. The van der Waals surface area contributed by atoms with Crippen molar-refractivity contribution in [2.75, 3.05) is 13.1 Å². The number of nitrogens with one attached hydrogen (secondary N) is 1. The Balaban J connectivity index is 2.59. The fraction of sp³-hybridized carbons (Fsp3) is 0.333. The predicted octanol–water partition coefficient (Wildman–Crippen LogP) is 0.968. The Labute approximate surface area is 94.8 Å². The highest BCUT2D eigenvalue weighted by atomic mass is 16.1. The zero-order chi connectivity index (χ0) is 12.0. The van der Waals surface area contributed by atoms with Gasteiger partial charge >= 0.3 is 0 Å².